The summed E-state index contributed by atoms with van der Waals surface area (Å²) in [4.78, 5) is 38.0. The lowest BCUT2D eigenvalue weighted by molar-refractivity contribution is -0.126. The molecule has 1 fully saturated rings. The van der Waals surface area contributed by atoms with Gasteiger partial charge in [-0.25, -0.2) is 0 Å². The van der Waals surface area contributed by atoms with Crippen molar-refractivity contribution >= 4 is 39.3 Å². The summed E-state index contributed by atoms with van der Waals surface area (Å²) in [5.74, 6) is -1.40. The Bertz CT molecular complexity index is 793. The minimum Gasteiger partial charge on any atom is -0.312 e. The van der Waals surface area contributed by atoms with Crippen LogP contribution >= 0.6 is 15.9 Å². The summed E-state index contributed by atoms with van der Waals surface area (Å²) in [7, 11) is 0. The summed E-state index contributed by atoms with van der Waals surface area (Å²) in [5, 5.41) is 0. The maximum absolute atomic E-state index is 12.2. The van der Waals surface area contributed by atoms with Gasteiger partial charge in [-0.3, -0.25) is 25.2 Å². The molecule has 0 spiro atoms. The first-order chi connectivity index (χ1) is 12.0. The lowest BCUT2D eigenvalue weighted by Gasteiger charge is -2.16. The highest BCUT2D eigenvalue weighted by Crippen LogP contribution is 2.24. The first-order valence-electron chi connectivity index (χ1n) is 7.76. The minimum absolute atomic E-state index is 0.106. The molecule has 0 saturated carbocycles. The Morgan fingerprint density at radius 1 is 1.00 bits per heavy atom. The van der Waals surface area contributed by atoms with Crippen molar-refractivity contribution in [2.24, 2.45) is 5.92 Å². The van der Waals surface area contributed by atoms with Crippen molar-refractivity contribution in [3.63, 3.8) is 0 Å². The number of nitrogens with zero attached hydrogens (tertiary/aromatic N) is 1. The molecule has 1 atom stereocenters. The van der Waals surface area contributed by atoms with Gasteiger partial charge in [-0.05, 0) is 36.4 Å². The van der Waals surface area contributed by atoms with Gasteiger partial charge in [0.1, 0.15) is 0 Å². The number of nitrogens with one attached hydrogen (secondary N) is 2. The van der Waals surface area contributed by atoms with Gasteiger partial charge in [0.2, 0.25) is 11.8 Å². The predicted molar refractivity (Wildman–Crippen MR) is 96.7 cm³/mol. The number of rotatable bonds is 3. The van der Waals surface area contributed by atoms with Crippen LogP contribution in [0.3, 0.4) is 0 Å². The molecule has 0 aliphatic carbocycles. The fourth-order valence-corrected chi connectivity index (χ4v) is 2.90. The summed E-state index contributed by atoms with van der Waals surface area (Å²) < 4.78 is 0.860. The maximum Gasteiger partial charge on any atom is 0.269 e. The summed E-state index contributed by atoms with van der Waals surface area (Å²) in [5.41, 5.74) is 5.98. The molecule has 1 aliphatic rings. The van der Waals surface area contributed by atoms with E-state index in [2.05, 4.69) is 26.8 Å². The first kappa shape index (κ1) is 17.2. The summed E-state index contributed by atoms with van der Waals surface area (Å²) in [6.07, 6.45) is 0.120. The second-order valence-electron chi connectivity index (χ2n) is 5.69. The van der Waals surface area contributed by atoms with Crippen molar-refractivity contribution in [3.05, 3.63) is 64.6 Å². The van der Waals surface area contributed by atoms with E-state index < -0.39 is 11.8 Å². The normalized spacial score (nSPS) is 16.6. The van der Waals surface area contributed by atoms with Crippen molar-refractivity contribution in [1.29, 1.82) is 0 Å². The number of halogens is 1. The molecule has 0 bridgehead atoms. The molecule has 0 unspecified atom stereocenters. The number of hydrazine groups is 1. The summed E-state index contributed by atoms with van der Waals surface area (Å²) in [6.45, 7) is 0.294. The molecule has 3 rings (SSSR count). The van der Waals surface area contributed by atoms with Crippen LogP contribution in [0.25, 0.3) is 0 Å². The number of carbonyl (C=O) groups excluding carboxylic acids is 3. The molecule has 2 aromatic carbocycles. The molecule has 1 aliphatic heterocycles. The summed E-state index contributed by atoms with van der Waals surface area (Å²) >= 11 is 3.29. The van der Waals surface area contributed by atoms with E-state index in [9.17, 15) is 14.4 Å². The van der Waals surface area contributed by atoms with Gasteiger partial charge in [-0.2, -0.15) is 0 Å². The van der Waals surface area contributed by atoms with Crippen molar-refractivity contribution in [3.8, 4) is 0 Å². The Hall–Kier alpha value is -2.67. The number of anilines is 1. The molecule has 2 aromatic rings. The smallest absolute Gasteiger partial charge is 0.269 e. The van der Waals surface area contributed by atoms with Crippen LogP contribution in [-0.2, 0) is 9.59 Å². The SMILES string of the molecule is O=C(NNC(=O)[C@H]1CC(=O)N(c2ccccc2)C1)c1ccc(Br)cc1. The van der Waals surface area contributed by atoms with E-state index in [0.717, 1.165) is 10.2 Å². The number of carbonyl (C=O) groups is 3. The van der Waals surface area contributed by atoms with Gasteiger partial charge in [0, 0.05) is 28.7 Å². The van der Waals surface area contributed by atoms with E-state index in [4.69, 9.17) is 0 Å². The molecule has 1 heterocycles. The number of hydrogen-bond acceptors (Lipinski definition) is 3. The monoisotopic (exact) mass is 401 g/mol. The van der Waals surface area contributed by atoms with Crippen LogP contribution in [0.2, 0.25) is 0 Å². The van der Waals surface area contributed by atoms with Gasteiger partial charge >= 0.3 is 0 Å². The van der Waals surface area contributed by atoms with Gasteiger partial charge in [0.05, 0.1) is 5.92 Å². The van der Waals surface area contributed by atoms with Crippen LogP contribution in [0.4, 0.5) is 5.69 Å². The van der Waals surface area contributed by atoms with Crippen LogP contribution < -0.4 is 15.8 Å². The maximum atomic E-state index is 12.2. The van der Waals surface area contributed by atoms with E-state index >= 15 is 0 Å². The lowest BCUT2D eigenvalue weighted by Crippen LogP contribution is -2.45. The van der Waals surface area contributed by atoms with Gasteiger partial charge in [0.25, 0.3) is 5.91 Å². The standard InChI is InChI=1S/C18H16BrN3O3/c19-14-8-6-12(7-9-14)17(24)20-21-18(25)13-10-16(23)22(11-13)15-4-2-1-3-5-15/h1-9,13H,10-11H2,(H,20,24)(H,21,25)/t13-/m0/s1. The fourth-order valence-electron chi connectivity index (χ4n) is 2.63. The number of para-hydroxylation sites is 1. The molecule has 2 N–H and O–H groups in total. The summed E-state index contributed by atoms with van der Waals surface area (Å²) in [6, 6.07) is 16.0. The zero-order valence-corrected chi connectivity index (χ0v) is 14.8. The van der Waals surface area contributed by atoms with Crippen LogP contribution in [0.1, 0.15) is 16.8 Å². The molecule has 0 aromatic heterocycles. The highest BCUT2D eigenvalue weighted by molar-refractivity contribution is 9.10. The van der Waals surface area contributed by atoms with Crippen molar-refractivity contribution in [2.75, 3.05) is 11.4 Å². The molecule has 1 saturated heterocycles. The molecule has 128 valence electrons. The van der Waals surface area contributed by atoms with E-state index in [1.54, 1.807) is 29.2 Å². The van der Waals surface area contributed by atoms with Crippen molar-refractivity contribution < 1.29 is 14.4 Å². The predicted octanol–water partition coefficient (Wildman–Crippen LogP) is 2.26. The molecular weight excluding hydrogens is 386 g/mol. The van der Waals surface area contributed by atoms with Crippen LogP contribution in [0, 0.1) is 5.92 Å². The Morgan fingerprint density at radius 2 is 1.68 bits per heavy atom. The molecule has 25 heavy (non-hydrogen) atoms. The molecule has 7 heteroatoms. The Kier molecular flexibility index (Phi) is 5.14. The van der Waals surface area contributed by atoms with Gasteiger partial charge in [-0.1, -0.05) is 34.1 Å². The zero-order chi connectivity index (χ0) is 17.8. The quantitative estimate of drug-likeness (QED) is 0.774. The third-order valence-electron chi connectivity index (χ3n) is 3.97. The fraction of sp³-hybridized carbons (Fsp3) is 0.167. The number of benzene rings is 2. The number of hydrogen-bond donors (Lipinski definition) is 2. The molecular formula is C18H16BrN3O3. The highest BCUT2D eigenvalue weighted by atomic mass is 79.9. The molecule has 3 amide bonds. The Morgan fingerprint density at radius 3 is 2.36 bits per heavy atom. The molecule has 6 nitrogen and oxygen atoms in total. The highest BCUT2D eigenvalue weighted by Gasteiger charge is 2.35. The second-order valence-corrected chi connectivity index (χ2v) is 6.61. The van der Waals surface area contributed by atoms with E-state index in [-0.39, 0.29) is 18.2 Å². The van der Waals surface area contributed by atoms with E-state index in [0.29, 0.717) is 12.1 Å². The minimum atomic E-state index is -0.502. The third kappa shape index (κ3) is 4.06. The lowest BCUT2D eigenvalue weighted by atomic mass is 10.1. The van der Waals surface area contributed by atoms with Crippen molar-refractivity contribution in [2.45, 2.75) is 6.42 Å². The third-order valence-corrected chi connectivity index (χ3v) is 4.50. The van der Waals surface area contributed by atoms with E-state index in [1.807, 2.05) is 30.3 Å². The van der Waals surface area contributed by atoms with E-state index in [1.165, 1.54) is 0 Å². The van der Waals surface area contributed by atoms with Crippen LogP contribution in [0.15, 0.2) is 59.1 Å². The van der Waals surface area contributed by atoms with Crippen molar-refractivity contribution in [1.82, 2.24) is 10.9 Å². The van der Waals surface area contributed by atoms with Crippen LogP contribution in [-0.4, -0.2) is 24.3 Å². The number of amides is 3. The Balaban J connectivity index is 1.56. The average Bonchev–Trinajstić information content (AvgIpc) is 3.02. The average molecular weight is 402 g/mol. The zero-order valence-electron chi connectivity index (χ0n) is 13.2. The van der Waals surface area contributed by atoms with Gasteiger partial charge < -0.3 is 4.90 Å². The largest absolute Gasteiger partial charge is 0.312 e. The second kappa shape index (κ2) is 7.48. The molecule has 0 radical (unpaired) electrons. The van der Waals surface area contributed by atoms with Crippen LogP contribution in [0.5, 0.6) is 0 Å². The Labute approximate surface area is 153 Å². The first-order valence-corrected chi connectivity index (χ1v) is 8.55. The topological polar surface area (TPSA) is 78.5 Å². The van der Waals surface area contributed by atoms with Gasteiger partial charge in [0.15, 0.2) is 0 Å². The van der Waals surface area contributed by atoms with Gasteiger partial charge in [-0.15, -0.1) is 0 Å².